The van der Waals surface area contributed by atoms with Gasteiger partial charge in [-0.3, -0.25) is 0 Å². The third-order valence-electron chi connectivity index (χ3n) is 3.20. The predicted molar refractivity (Wildman–Crippen MR) is 76.3 cm³/mol. The second-order valence-corrected chi connectivity index (χ2v) is 4.78. The molecule has 1 aromatic rings. The van der Waals surface area contributed by atoms with Crippen LogP contribution in [0.25, 0.3) is 0 Å². The molecule has 4 heteroatoms. The lowest BCUT2D eigenvalue weighted by Crippen LogP contribution is -2.35. The number of hydrogen-bond acceptors (Lipinski definition) is 3. The van der Waals surface area contributed by atoms with Gasteiger partial charge in [0.25, 0.3) is 0 Å². The van der Waals surface area contributed by atoms with Gasteiger partial charge in [0.2, 0.25) is 0 Å². The van der Waals surface area contributed by atoms with Crippen LogP contribution in [0.15, 0.2) is 18.2 Å². The summed E-state index contributed by atoms with van der Waals surface area (Å²) in [6.45, 7) is 5.84. The fraction of sp³-hybridized carbons (Fsp3) is 0.571. The molecular formula is C14H22ClNO2. The van der Waals surface area contributed by atoms with E-state index in [4.69, 9.17) is 21.4 Å². The monoisotopic (exact) mass is 271 g/mol. The van der Waals surface area contributed by atoms with Crippen LogP contribution >= 0.6 is 11.6 Å². The van der Waals surface area contributed by atoms with Crippen molar-refractivity contribution < 1.29 is 9.84 Å². The third-order valence-corrected chi connectivity index (χ3v) is 3.55. The molecule has 1 atom stereocenters. The summed E-state index contributed by atoms with van der Waals surface area (Å²) in [5, 5.41) is 9.74. The molecule has 18 heavy (non-hydrogen) atoms. The van der Waals surface area contributed by atoms with Gasteiger partial charge in [0.05, 0.1) is 13.2 Å². The number of anilines is 1. The molecule has 0 fully saturated rings. The first-order valence-electron chi connectivity index (χ1n) is 6.28. The molecule has 1 aromatic carbocycles. The number of halogens is 1. The molecule has 0 aliphatic carbocycles. The Morgan fingerprint density at radius 3 is 2.67 bits per heavy atom. The van der Waals surface area contributed by atoms with Crippen LogP contribution in [0.2, 0.25) is 5.02 Å². The van der Waals surface area contributed by atoms with E-state index in [1.54, 1.807) is 7.11 Å². The average molecular weight is 272 g/mol. The second kappa shape index (κ2) is 7.62. The van der Waals surface area contributed by atoms with Gasteiger partial charge in [-0.2, -0.15) is 0 Å². The van der Waals surface area contributed by atoms with E-state index < -0.39 is 0 Å². The first-order chi connectivity index (χ1) is 8.63. The zero-order valence-electron chi connectivity index (χ0n) is 11.3. The topological polar surface area (TPSA) is 32.7 Å². The van der Waals surface area contributed by atoms with Gasteiger partial charge in [0.15, 0.2) is 0 Å². The third kappa shape index (κ3) is 3.87. The first-order valence-corrected chi connectivity index (χ1v) is 6.66. The highest BCUT2D eigenvalue weighted by atomic mass is 35.5. The van der Waals surface area contributed by atoms with E-state index >= 15 is 0 Å². The summed E-state index contributed by atoms with van der Waals surface area (Å²) < 4.78 is 5.15. The Kier molecular flexibility index (Phi) is 6.47. The average Bonchev–Trinajstić information content (AvgIpc) is 2.39. The summed E-state index contributed by atoms with van der Waals surface area (Å²) in [7, 11) is 1.70. The lowest BCUT2D eigenvalue weighted by Gasteiger charge is -2.31. The fourth-order valence-electron chi connectivity index (χ4n) is 1.86. The minimum atomic E-state index is -0.0273. The van der Waals surface area contributed by atoms with Gasteiger partial charge >= 0.3 is 0 Å². The van der Waals surface area contributed by atoms with E-state index in [1.807, 2.05) is 18.2 Å². The van der Waals surface area contributed by atoms with Crippen LogP contribution in [-0.2, 0) is 11.3 Å². The van der Waals surface area contributed by atoms with Crippen LogP contribution < -0.4 is 4.90 Å². The van der Waals surface area contributed by atoms with Crippen molar-refractivity contribution in [2.45, 2.75) is 32.9 Å². The maximum absolute atomic E-state index is 9.13. The molecular weight excluding hydrogens is 250 g/mol. The number of aliphatic hydroxyl groups is 1. The highest BCUT2D eigenvalue weighted by Crippen LogP contribution is 2.25. The van der Waals surface area contributed by atoms with Gasteiger partial charge in [-0.25, -0.2) is 0 Å². The molecule has 0 amide bonds. The molecule has 0 aliphatic rings. The molecule has 1 N–H and O–H groups in total. The lowest BCUT2D eigenvalue weighted by molar-refractivity contribution is 0.203. The van der Waals surface area contributed by atoms with Gasteiger partial charge in [0, 0.05) is 30.4 Å². The highest BCUT2D eigenvalue weighted by molar-refractivity contribution is 6.31. The maximum Gasteiger partial charge on any atom is 0.0696 e. The predicted octanol–water partition coefficient (Wildman–Crippen LogP) is 3.08. The minimum Gasteiger partial charge on any atom is -0.392 e. The van der Waals surface area contributed by atoms with E-state index in [0.717, 1.165) is 24.2 Å². The van der Waals surface area contributed by atoms with Crippen molar-refractivity contribution in [3.63, 3.8) is 0 Å². The Morgan fingerprint density at radius 1 is 1.44 bits per heavy atom. The maximum atomic E-state index is 9.13. The number of hydrogen-bond donors (Lipinski definition) is 1. The summed E-state index contributed by atoms with van der Waals surface area (Å²) in [4.78, 5) is 2.27. The Morgan fingerprint density at radius 2 is 2.17 bits per heavy atom. The van der Waals surface area contributed by atoms with Crippen LogP contribution in [0.5, 0.6) is 0 Å². The van der Waals surface area contributed by atoms with Gasteiger partial charge in [-0.05, 0) is 31.0 Å². The molecule has 1 unspecified atom stereocenters. The first kappa shape index (κ1) is 15.3. The van der Waals surface area contributed by atoms with Gasteiger partial charge in [0.1, 0.15) is 0 Å². The van der Waals surface area contributed by atoms with Crippen molar-refractivity contribution in [1.29, 1.82) is 0 Å². The smallest absolute Gasteiger partial charge is 0.0696 e. The van der Waals surface area contributed by atoms with Crippen molar-refractivity contribution in [1.82, 2.24) is 0 Å². The summed E-state index contributed by atoms with van der Waals surface area (Å²) >= 11 is 6.14. The number of nitrogens with zero attached hydrogens (tertiary/aromatic N) is 1. The summed E-state index contributed by atoms with van der Waals surface area (Å²) in [6, 6.07) is 6.21. The van der Waals surface area contributed by atoms with Crippen LogP contribution in [0.3, 0.4) is 0 Å². The molecule has 0 bridgehead atoms. The lowest BCUT2D eigenvalue weighted by atomic mass is 10.1. The Bertz CT molecular complexity index is 371. The normalized spacial score (nSPS) is 12.5. The molecule has 0 aliphatic heterocycles. The summed E-state index contributed by atoms with van der Waals surface area (Å²) in [5.41, 5.74) is 1.83. The molecule has 1 rings (SSSR count). The van der Waals surface area contributed by atoms with E-state index in [-0.39, 0.29) is 6.61 Å². The Balaban J connectivity index is 2.93. The minimum absolute atomic E-state index is 0.0273. The molecule has 0 heterocycles. The zero-order chi connectivity index (χ0) is 13.5. The molecule has 3 nitrogen and oxygen atoms in total. The van der Waals surface area contributed by atoms with Gasteiger partial charge in [-0.1, -0.05) is 24.6 Å². The Labute approximate surface area is 114 Å². The number of benzene rings is 1. The van der Waals surface area contributed by atoms with E-state index in [2.05, 4.69) is 18.7 Å². The largest absolute Gasteiger partial charge is 0.392 e. The van der Waals surface area contributed by atoms with E-state index in [9.17, 15) is 0 Å². The summed E-state index contributed by atoms with van der Waals surface area (Å²) in [5.74, 6) is 0. The van der Waals surface area contributed by atoms with Crippen molar-refractivity contribution in [3.8, 4) is 0 Å². The van der Waals surface area contributed by atoms with Crippen LogP contribution in [0.4, 0.5) is 5.69 Å². The van der Waals surface area contributed by atoms with E-state index in [1.165, 1.54) is 0 Å². The number of ether oxygens (including phenoxy) is 1. The van der Waals surface area contributed by atoms with Crippen molar-refractivity contribution >= 4 is 17.3 Å². The standard InChI is InChI=1S/C14H22ClNO2/c1-4-11(2)16(7-8-18-3)13-6-5-12(10-17)14(15)9-13/h5-6,9,11,17H,4,7-8,10H2,1-3H3. The number of aliphatic hydroxyl groups excluding tert-OH is 1. The van der Waals surface area contributed by atoms with Gasteiger partial charge < -0.3 is 14.7 Å². The van der Waals surface area contributed by atoms with Crippen LogP contribution in [-0.4, -0.2) is 31.4 Å². The Hall–Kier alpha value is -0.770. The zero-order valence-corrected chi connectivity index (χ0v) is 12.1. The van der Waals surface area contributed by atoms with Crippen molar-refractivity contribution in [2.24, 2.45) is 0 Å². The molecule has 0 saturated heterocycles. The number of rotatable bonds is 7. The molecule has 0 radical (unpaired) electrons. The SMILES string of the molecule is CCC(C)N(CCOC)c1ccc(CO)c(Cl)c1. The molecule has 0 aromatic heterocycles. The molecule has 0 spiro atoms. The van der Waals surface area contributed by atoms with E-state index in [0.29, 0.717) is 17.7 Å². The highest BCUT2D eigenvalue weighted by Gasteiger charge is 2.13. The van der Waals surface area contributed by atoms with Crippen molar-refractivity contribution in [2.75, 3.05) is 25.2 Å². The number of methoxy groups -OCH3 is 1. The van der Waals surface area contributed by atoms with Crippen molar-refractivity contribution in [3.05, 3.63) is 28.8 Å². The second-order valence-electron chi connectivity index (χ2n) is 4.38. The van der Waals surface area contributed by atoms with Crippen LogP contribution in [0, 0.1) is 0 Å². The molecule has 102 valence electrons. The van der Waals surface area contributed by atoms with Crippen LogP contribution in [0.1, 0.15) is 25.8 Å². The fourth-order valence-corrected chi connectivity index (χ4v) is 2.09. The van der Waals surface area contributed by atoms with Gasteiger partial charge in [-0.15, -0.1) is 0 Å². The summed E-state index contributed by atoms with van der Waals surface area (Å²) in [6.07, 6.45) is 1.06. The molecule has 0 saturated carbocycles. The quantitative estimate of drug-likeness (QED) is 0.827.